The summed E-state index contributed by atoms with van der Waals surface area (Å²) in [4.78, 5) is 12.6. The average Bonchev–Trinajstić information content (AvgIpc) is 2.29. The van der Waals surface area contributed by atoms with E-state index in [-0.39, 0.29) is 0 Å². The number of aryl methyl sites for hydroxylation is 1. The molecule has 0 saturated heterocycles. The summed E-state index contributed by atoms with van der Waals surface area (Å²) in [7, 11) is 1.60. The van der Waals surface area contributed by atoms with Gasteiger partial charge in [-0.05, 0) is 18.6 Å². The van der Waals surface area contributed by atoms with E-state index in [1.807, 2.05) is 13.0 Å². The Morgan fingerprint density at radius 1 is 1.35 bits per heavy atom. The van der Waals surface area contributed by atoms with Gasteiger partial charge < -0.3 is 10.5 Å². The zero-order valence-electron chi connectivity index (χ0n) is 9.84. The van der Waals surface area contributed by atoms with Crippen molar-refractivity contribution in [3.8, 4) is 11.3 Å². The summed E-state index contributed by atoms with van der Waals surface area (Å²) in [6, 6.07) is 3.67. The molecule has 0 aromatic carbocycles. The van der Waals surface area contributed by atoms with Gasteiger partial charge in [-0.1, -0.05) is 0 Å². The van der Waals surface area contributed by atoms with Crippen molar-refractivity contribution in [1.82, 2.24) is 15.0 Å². The average molecular weight is 230 g/mol. The fourth-order valence-electron chi connectivity index (χ4n) is 1.58. The lowest BCUT2D eigenvalue weighted by Gasteiger charge is -2.07. The second-order valence-corrected chi connectivity index (χ2v) is 3.72. The maximum Gasteiger partial charge on any atom is 0.157 e. The molecule has 0 aliphatic carbocycles. The molecule has 0 unspecified atom stereocenters. The Hall–Kier alpha value is -2.01. The lowest BCUT2D eigenvalue weighted by Crippen LogP contribution is -2.03. The third-order valence-corrected chi connectivity index (χ3v) is 2.38. The van der Waals surface area contributed by atoms with Crippen molar-refractivity contribution < 1.29 is 4.74 Å². The minimum atomic E-state index is 0.345. The molecule has 0 radical (unpaired) electrons. The van der Waals surface area contributed by atoms with Crippen LogP contribution in [0.25, 0.3) is 11.3 Å². The molecule has 5 heteroatoms. The van der Waals surface area contributed by atoms with E-state index in [4.69, 9.17) is 10.5 Å². The molecule has 2 rings (SSSR count). The number of methoxy groups -OCH3 is 1. The first-order valence-electron chi connectivity index (χ1n) is 5.24. The Bertz CT molecular complexity index is 528. The molecule has 2 aromatic heterocycles. The highest BCUT2D eigenvalue weighted by molar-refractivity contribution is 5.64. The minimum absolute atomic E-state index is 0.345. The van der Waals surface area contributed by atoms with E-state index in [0.717, 1.165) is 16.8 Å². The van der Waals surface area contributed by atoms with Gasteiger partial charge in [0.2, 0.25) is 0 Å². The lowest BCUT2D eigenvalue weighted by atomic mass is 10.1. The predicted octanol–water partition coefficient (Wildman–Crippen LogP) is 1.58. The first-order valence-corrected chi connectivity index (χ1v) is 5.24. The number of nitrogens with two attached hydrogens (primary N) is 1. The van der Waals surface area contributed by atoms with Crippen molar-refractivity contribution in [3.63, 3.8) is 0 Å². The highest BCUT2D eigenvalue weighted by Crippen LogP contribution is 2.21. The van der Waals surface area contributed by atoms with Crippen LogP contribution in [-0.2, 0) is 11.3 Å². The molecule has 0 aliphatic heterocycles. The van der Waals surface area contributed by atoms with Crippen LogP contribution in [0, 0.1) is 6.92 Å². The van der Waals surface area contributed by atoms with E-state index in [1.165, 1.54) is 0 Å². The van der Waals surface area contributed by atoms with Crippen LogP contribution >= 0.6 is 0 Å². The number of hydrogen-bond donors (Lipinski definition) is 1. The first-order chi connectivity index (χ1) is 8.20. The van der Waals surface area contributed by atoms with Crippen molar-refractivity contribution in [2.45, 2.75) is 13.5 Å². The quantitative estimate of drug-likeness (QED) is 0.866. The highest BCUT2D eigenvalue weighted by Gasteiger charge is 2.07. The molecule has 0 bridgehead atoms. The molecule has 17 heavy (non-hydrogen) atoms. The van der Waals surface area contributed by atoms with E-state index in [9.17, 15) is 0 Å². The maximum absolute atomic E-state index is 5.75. The zero-order valence-corrected chi connectivity index (χ0v) is 9.84. The number of anilines is 1. The largest absolute Gasteiger partial charge is 0.384 e. The Labute approximate surface area is 99.7 Å². The number of aromatic nitrogens is 3. The van der Waals surface area contributed by atoms with Crippen LogP contribution in [0.3, 0.4) is 0 Å². The highest BCUT2D eigenvalue weighted by atomic mass is 16.5. The van der Waals surface area contributed by atoms with Crippen LogP contribution in [0.1, 0.15) is 11.4 Å². The van der Waals surface area contributed by atoms with Gasteiger partial charge in [-0.25, -0.2) is 9.97 Å². The van der Waals surface area contributed by atoms with Crippen molar-refractivity contribution in [2.75, 3.05) is 12.8 Å². The van der Waals surface area contributed by atoms with E-state index < -0.39 is 0 Å². The van der Waals surface area contributed by atoms with E-state index in [2.05, 4.69) is 15.0 Å². The topological polar surface area (TPSA) is 73.9 Å². The summed E-state index contributed by atoms with van der Waals surface area (Å²) < 4.78 is 5.01. The van der Waals surface area contributed by atoms with Gasteiger partial charge in [0, 0.05) is 31.1 Å². The third-order valence-electron chi connectivity index (χ3n) is 2.38. The second-order valence-electron chi connectivity index (χ2n) is 3.72. The van der Waals surface area contributed by atoms with Crippen LogP contribution in [-0.4, -0.2) is 22.1 Å². The Kier molecular flexibility index (Phi) is 3.30. The van der Waals surface area contributed by atoms with Gasteiger partial charge in [0.05, 0.1) is 5.69 Å². The predicted molar refractivity (Wildman–Crippen MR) is 65.1 cm³/mol. The summed E-state index contributed by atoms with van der Waals surface area (Å²) in [5, 5.41) is 0. The number of rotatable bonds is 3. The molecule has 2 heterocycles. The molecular weight excluding hydrogens is 216 g/mol. The SMILES string of the molecule is COCc1nc(N)cc(-c2cnccc2C)n1. The Morgan fingerprint density at radius 3 is 2.88 bits per heavy atom. The zero-order chi connectivity index (χ0) is 12.3. The number of hydrogen-bond acceptors (Lipinski definition) is 5. The van der Waals surface area contributed by atoms with Crippen molar-refractivity contribution >= 4 is 5.82 Å². The third kappa shape index (κ3) is 2.57. The van der Waals surface area contributed by atoms with Crippen LogP contribution in [0.5, 0.6) is 0 Å². The van der Waals surface area contributed by atoms with Gasteiger partial charge in [0.1, 0.15) is 12.4 Å². The van der Waals surface area contributed by atoms with Gasteiger partial charge in [0.15, 0.2) is 5.82 Å². The van der Waals surface area contributed by atoms with Crippen molar-refractivity contribution in [2.24, 2.45) is 0 Å². The van der Waals surface area contributed by atoms with Gasteiger partial charge in [-0.15, -0.1) is 0 Å². The van der Waals surface area contributed by atoms with Crippen molar-refractivity contribution in [3.05, 3.63) is 35.9 Å². The lowest BCUT2D eigenvalue weighted by molar-refractivity contribution is 0.178. The molecule has 0 fully saturated rings. The van der Waals surface area contributed by atoms with Crippen LogP contribution in [0.4, 0.5) is 5.82 Å². The number of nitrogens with zero attached hydrogens (tertiary/aromatic N) is 3. The van der Waals surface area contributed by atoms with Gasteiger partial charge in [-0.3, -0.25) is 4.98 Å². The van der Waals surface area contributed by atoms with Gasteiger partial charge in [-0.2, -0.15) is 0 Å². The maximum atomic E-state index is 5.75. The van der Waals surface area contributed by atoms with Crippen molar-refractivity contribution in [1.29, 1.82) is 0 Å². The van der Waals surface area contributed by atoms with Gasteiger partial charge >= 0.3 is 0 Å². The summed E-state index contributed by atoms with van der Waals surface area (Å²) in [6.45, 7) is 2.35. The number of nitrogen functional groups attached to an aromatic ring is 1. The molecule has 5 nitrogen and oxygen atoms in total. The fraction of sp³-hybridized carbons (Fsp3) is 0.250. The first kappa shape index (κ1) is 11.5. The minimum Gasteiger partial charge on any atom is -0.384 e. The molecule has 2 aromatic rings. The normalized spacial score (nSPS) is 10.5. The molecule has 0 spiro atoms. The summed E-state index contributed by atoms with van der Waals surface area (Å²) in [5.74, 6) is 1.01. The molecule has 0 saturated carbocycles. The van der Waals surface area contributed by atoms with Crippen LogP contribution in [0.15, 0.2) is 24.5 Å². The number of pyridine rings is 1. The van der Waals surface area contributed by atoms with Crippen LogP contribution in [0.2, 0.25) is 0 Å². The molecule has 88 valence electrons. The summed E-state index contributed by atoms with van der Waals surface area (Å²) in [6.07, 6.45) is 3.52. The Balaban J connectivity index is 2.48. The number of ether oxygens (including phenoxy) is 1. The van der Waals surface area contributed by atoms with E-state index in [0.29, 0.717) is 18.2 Å². The van der Waals surface area contributed by atoms with E-state index >= 15 is 0 Å². The molecule has 0 amide bonds. The Morgan fingerprint density at radius 2 is 2.18 bits per heavy atom. The summed E-state index contributed by atoms with van der Waals surface area (Å²) in [5.41, 5.74) is 8.58. The van der Waals surface area contributed by atoms with Crippen LogP contribution < -0.4 is 5.73 Å². The standard InChI is InChI=1S/C12H14N4O/c1-8-3-4-14-6-9(8)10-5-11(13)16-12(15-10)7-17-2/h3-6H,7H2,1-2H3,(H2,13,15,16). The fourth-order valence-corrected chi connectivity index (χ4v) is 1.58. The van der Waals surface area contributed by atoms with E-state index in [1.54, 1.807) is 25.6 Å². The smallest absolute Gasteiger partial charge is 0.157 e. The molecule has 0 atom stereocenters. The molecular formula is C12H14N4O. The molecule has 0 aliphatic rings. The molecule has 2 N–H and O–H groups in total. The summed E-state index contributed by atoms with van der Waals surface area (Å²) >= 11 is 0. The second kappa shape index (κ2) is 4.88. The monoisotopic (exact) mass is 230 g/mol. The van der Waals surface area contributed by atoms with Gasteiger partial charge in [0.25, 0.3) is 0 Å².